The average Bonchev–Trinajstić information content (AvgIpc) is 2.59. The summed E-state index contributed by atoms with van der Waals surface area (Å²) in [5.41, 5.74) is 1.61. The Morgan fingerprint density at radius 3 is 2.44 bits per heavy atom. The summed E-state index contributed by atoms with van der Waals surface area (Å²) in [6, 6.07) is 7.66. The van der Waals surface area contributed by atoms with Crippen molar-refractivity contribution in [1.29, 1.82) is 0 Å². The molecule has 4 heteroatoms. The zero-order valence-corrected chi connectivity index (χ0v) is 10.1. The van der Waals surface area contributed by atoms with Crippen molar-refractivity contribution in [3.05, 3.63) is 56.5 Å². The smallest absolute Gasteiger partial charge is 0.123 e. The number of halogens is 2. The van der Waals surface area contributed by atoms with Gasteiger partial charge in [-0.25, -0.2) is 4.39 Å². The van der Waals surface area contributed by atoms with E-state index >= 15 is 0 Å². The minimum Gasteiger partial charge on any atom is -0.383 e. The molecule has 1 N–H and O–H groups in total. The minimum absolute atomic E-state index is 0.309. The van der Waals surface area contributed by atoms with Crippen LogP contribution in [0.5, 0.6) is 0 Å². The first-order valence-electron chi connectivity index (χ1n) is 4.77. The summed E-state index contributed by atoms with van der Waals surface area (Å²) in [4.78, 5) is 0.772. The second-order valence-corrected chi connectivity index (χ2v) is 5.25. The summed E-state index contributed by atoms with van der Waals surface area (Å²) in [5.74, 6) is -0.309. The summed E-state index contributed by atoms with van der Waals surface area (Å²) in [5, 5.41) is 10.0. The van der Waals surface area contributed by atoms with Crippen LogP contribution in [0.4, 0.5) is 4.39 Å². The summed E-state index contributed by atoms with van der Waals surface area (Å²) < 4.78 is 13.4. The van der Waals surface area contributed by atoms with E-state index in [0.717, 1.165) is 10.4 Å². The molecule has 0 fully saturated rings. The van der Waals surface area contributed by atoms with Crippen molar-refractivity contribution in [2.75, 3.05) is 0 Å². The normalized spacial score (nSPS) is 12.8. The third-order valence-electron chi connectivity index (χ3n) is 2.33. The maximum Gasteiger partial charge on any atom is 0.123 e. The first-order valence-corrected chi connectivity index (χ1v) is 5.96. The van der Waals surface area contributed by atoms with Crippen LogP contribution in [0.2, 0.25) is 4.34 Å². The first kappa shape index (κ1) is 11.6. The van der Waals surface area contributed by atoms with Crippen molar-refractivity contribution in [3.63, 3.8) is 0 Å². The molecular weight excluding hydrogens is 247 g/mol. The van der Waals surface area contributed by atoms with Crippen molar-refractivity contribution in [2.45, 2.75) is 13.0 Å². The van der Waals surface area contributed by atoms with Crippen molar-refractivity contribution in [3.8, 4) is 0 Å². The maximum atomic E-state index is 12.7. The molecule has 16 heavy (non-hydrogen) atoms. The van der Waals surface area contributed by atoms with E-state index in [9.17, 15) is 9.50 Å². The summed E-state index contributed by atoms with van der Waals surface area (Å²) in [6.45, 7) is 1.89. The van der Waals surface area contributed by atoms with E-state index in [0.29, 0.717) is 9.90 Å². The summed E-state index contributed by atoms with van der Waals surface area (Å²) in [7, 11) is 0. The van der Waals surface area contributed by atoms with Gasteiger partial charge in [-0.2, -0.15) is 0 Å². The summed E-state index contributed by atoms with van der Waals surface area (Å²) in [6.07, 6.45) is -0.739. The van der Waals surface area contributed by atoms with Gasteiger partial charge in [0.15, 0.2) is 0 Å². The van der Waals surface area contributed by atoms with Gasteiger partial charge >= 0.3 is 0 Å². The number of aliphatic hydroxyl groups excluding tert-OH is 1. The number of aliphatic hydroxyl groups is 1. The highest BCUT2D eigenvalue weighted by molar-refractivity contribution is 7.16. The van der Waals surface area contributed by atoms with Gasteiger partial charge in [-0.15, -0.1) is 11.3 Å². The monoisotopic (exact) mass is 256 g/mol. The van der Waals surface area contributed by atoms with Gasteiger partial charge in [-0.1, -0.05) is 23.7 Å². The van der Waals surface area contributed by atoms with E-state index in [1.54, 1.807) is 12.1 Å². The minimum atomic E-state index is -0.739. The van der Waals surface area contributed by atoms with E-state index < -0.39 is 6.10 Å². The number of aryl methyl sites for hydroxylation is 1. The Kier molecular flexibility index (Phi) is 3.28. The summed E-state index contributed by atoms with van der Waals surface area (Å²) >= 11 is 7.28. The van der Waals surface area contributed by atoms with E-state index in [2.05, 4.69) is 0 Å². The van der Waals surface area contributed by atoms with E-state index in [1.807, 2.05) is 13.0 Å². The molecule has 0 radical (unpaired) electrons. The third kappa shape index (κ3) is 2.26. The fraction of sp³-hybridized carbons (Fsp3) is 0.167. The lowest BCUT2D eigenvalue weighted by atomic mass is 10.1. The van der Waals surface area contributed by atoms with E-state index in [1.165, 1.54) is 23.5 Å². The maximum absolute atomic E-state index is 12.7. The molecule has 0 spiro atoms. The van der Waals surface area contributed by atoms with Crippen LogP contribution in [0.1, 0.15) is 22.1 Å². The Bertz CT molecular complexity index is 473. The van der Waals surface area contributed by atoms with Crippen LogP contribution in [0.3, 0.4) is 0 Å². The van der Waals surface area contributed by atoms with Crippen molar-refractivity contribution in [2.24, 2.45) is 0 Å². The lowest BCUT2D eigenvalue weighted by Gasteiger charge is -2.08. The molecule has 1 heterocycles. The molecule has 0 aliphatic carbocycles. The topological polar surface area (TPSA) is 20.2 Å². The van der Waals surface area contributed by atoms with Gasteiger partial charge < -0.3 is 5.11 Å². The molecule has 0 saturated carbocycles. The number of rotatable bonds is 2. The predicted molar refractivity (Wildman–Crippen MR) is 64.5 cm³/mol. The molecule has 1 nitrogen and oxygen atoms in total. The van der Waals surface area contributed by atoms with E-state index in [-0.39, 0.29) is 5.82 Å². The Morgan fingerprint density at radius 1 is 1.31 bits per heavy atom. The highest BCUT2D eigenvalue weighted by Gasteiger charge is 2.14. The molecule has 1 unspecified atom stereocenters. The molecule has 0 bridgehead atoms. The van der Waals surface area contributed by atoms with Crippen LogP contribution in [-0.4, -0.2) is 5.11 Å². The second-order valence-electron chi connectivity index (χ2n) is 3.56. The van der Waals surface area contributed by atoms with Crippen molar-refractivity contribution < 1.29 is 9.50 Å². The lowest BCUT2D eigenvalue weighted by Crippen LogP contribution is -1.96. The SMILES string of the molecule is Cc1cc(C(O)c2ccc(F)cc2)sc1Cl. The van der Waals surface area contributed by atoms with Gasteiger partial charge in [0.25, 0.3) is 0 Å². The molecule has 0 saturated heterocycles. The quantitative estimate of drug-likeness (QED) is 0.863. The highest BCUT2D eigenvalue weighted by atomic mass is 35.5. The molecule has 0 amide bonds. The van der Waals surface area contributed by atoms with Gasteiger partial charge in [-0.3, -0.25) is 0 Å². The fourth-order valence-electron chi connectivity index (χ4n) is 1.43. The first-order chi connectivity index (χ1) is 7.58. The van der Waals surface area contributed by atoms with Gasteiger partial charge in [-0.05, 0) is 36.2 Å². The van der Waals surface area contributed by atoms with Crippen LogP contribution in [0.25, 0.3) is 0 Å². The van der Waals surface area contributed by atoms with Crippen LogP contribution >= 0.6 is 22.9 Å². The van der Waals surface area contributed by atoms with Gasteiger partial charge in [0.05, 0.1) is 4.34 Å². The molecule has 0 aliphatic rings. The van der Waals surface area contributed by atoms with Crippen molar-refractivity contribution >= 4 is 22.9 Å². The number of thiophene rings is 1. The van der Waals surface area contributed by atoms with Crippen LogP contribution < -0.4 is 0 Å². The molecule has 1 aromatic heterocycles. The Hall–Kier alpha value is -0.900. The second kappa shape index (κ2) is 4.53. The van der Waals surface area contributed by atoms with Crippen LogP contribution in [-0.2, 0) is 0 Å². The fourth-order valence-corrected chi connectivity index (χ4v) is 2.66. The Balaban J connectivity index is 2.31. The molecule has 2 rings (SSSR count). The standard InChI is InChI=1S/C12H10ClFOS/c1-7-6-10(16-12(7)13)11(15)8-2-4-9(14)5-3-8/h2-6,11,15H,1H3. The molecular formula is C12H10ClFOS. The number of hydrogen-bond donors (Lipinski definition) is 1. The highest BCUT2D eigenvalue weighted by Crippen LogP contribution is 2.33. The van der Waals surface area contributed by atoms with Crippen molar-refractivity contribution in [1.82, 2.24) is 0 Å². The predicted octanol–water partition coefficient (Wildman–Crippen LogP) is 3.93. The van der Waals surface area contributed by atoms with Crippen LogP contribution in [0.15, 0.2) is 30.3 Å². The zero-order chi connectivity index (χ0) is 11.7. The molecule has 1 aromatic carbocycles. The Labute approximate surface area is 102 Å². The number of hydrogen-bond acceptors (Lipinski definition) is 2. The largest absolute Gasteiger partial charge is 0.383 e. The molecule has 2 aromatic rings. The average molecular weight is 257 g/mol. The molecule has 0 aliphatic heterocycles. The molecule has 1 atom stereocenters. The molecule has 84 valence electrons. The van der Waals surface area contributed by atoms with Gasteiger partial charge in [0, 0.05) is 4.88 Å². The number of benzene rings is 1. The van der Waals surface area contributed by atoms with Gasteiger partial charge in [0.2, 0.25) is 0 Å². The zero-order valence-electron chi connectivity index (χ0n) is 8.58. The lowest BCUT2D eigenvalue weighted by molar-refractivity contribution is 0.224. The Morgan fingerprint density at radius 2 is 1.94 bits per heavy atom. The van der Waals surface area contributed by atoms with E-state index in [4.69, 9.17) is 11.6 Å². The van der Waals surface area contributed by atoms with Crippen LogP contribution in [0, 0.1) is 12.7 Å². The van der Waals surface area contributed by atoms with Gasteiger partial charge in [0.1, 0.15) is 11.9 Å². The third-order valence-corrected chi connectivity index (χ3v) is 3.94.